The van der Waals surface area contributed by atoms with Gasteiger partial charge in [0.25, 0.3) is 0 Å². The summed E-state index contributed by atoms with van der Waals surface area (Å²) in [6, 6.07) is 9.81. The summed E-state index contributed by atoms with van der Waals surface area (Å²) in [5, 5.41) is 0. The van der Waals surface area contributed by atoms with Gasteiger partial charge >= 0.3 is 0 Å². The van der Waals surface area contributed by atoms with Gasteiger partial charge in [0.15, 0.2) is 0 Å². The summed E-state index contributed by atoms with van der Waals surface area (Å²) in [6.45, 7) is 5.81. The Balaban J connectivity index is 1.73. The normalized spacial score (nSPS) is 28.9. The molecule has 3 heteroatoms. The van der Waals surface area contributed by atoms with Crippen LogP contribution < -0.4 is 10.6 Å². The first kappa shape index (κ1) is 9.97. The fraction of sp³-hybridized carbons (Fsp3) is 0.538. The molecular formula is C13H19N3. The molecule has 3 fully saturated rings. The number of hydrogen-bond acceptors (Lipinski definition) is 3. The van der Waals surface area contributed by atoms with Gasteiger partial charge in [0, 0.05) is 36.5 Å². The molecule has 3 saturated heterocycles. The van der Waals surface area contributed by atoms with Crippen molar-refractivity contribution in [2.75, 3.05) is 30.3 Å². The van der Waals surface area contributed by atoms with Gasteiger partial charge in [0.05, 0.1) is 0 Å². The van der Waals surface area contributed by atoms with Crippen molar-refractivity contribution >= 4 is 11.4 Å². The first-order chi connectivity index (χ1) is 7.78. The maximum absolute atomic E-state index is 5.71. The van der Waals surface area contributed by atoms with Gasteiger partial charge in [-0.2, -0.15) is 0 Å². The fourth-order valence-corrected chi connectivity index (χ4v) is 3.10. The predicted octanol–water partition coefficient (Wildman–Crippen LogP) is 1.55. The number of piperazine rings is 1. The lowest BCUT2D eigenvalue weighted by molar-refractivity contribution is 0.00465. The van der Waals surface area contributed by atoms with E-state index in [1.54, 1.807) is 0 Å². The van der Waals surface area contributed by atoms with Gasteiger partial charge in [-0.3, -0.25) is 4.90 Å². The van der Waals surface area contributed by atoms with Gasteiger partial charge in [-0.15, -0.1) is 0 Å². The number of nitrogen functional groups attached to an aromatic ring is 1. The maximum atomic E-state index is 5.71. The smallest absolute Gasteiger partial charge is 0.0368 e. The first-order valence-corrected chi connectivity index (χ1v) is 6.14. The van der Waals surface area contributed by atoms with E-state index in [-0.39, 0.29) is 0 Å². The van der Waals surface area contributed by atoms with Crippen LogP contribution in [0, 0.1) is 0 Å². The van der Waals surface area contributed by atoms with E-state index < -0.39 is 0 Å². The van der Waals surface area contributed by atoms with E-state index in [9.17, 15) is 0 Å². The molecule has 2 bridgehead atoms. The predicted molar refractivity (Wildman–Crippen MR) is 67.6 cm³/mol. The van der Waals surface area contributed by atoms with Crippen molar-refractivity contribution in [3.8, 4) is 0 Å². The minimum absolute atomic E-state index is 0.779. The van der Waals surface area contributed by atoms with Gasteiger partial charge in [-0.1, -0.05) is 6.92 Å². The van der Waals surface area contributed by atoms with Gasteiger partial charge in [0.2, 0.25) is 0 Å². The van der Waals surface area contributed by atoms with Crippen molar-refractivity contribution < 1.29 is 0 Å². The quantitative estimate of drug-likeness (QED) is 0.763. The SMILES string of the molecule is CCN1C2CC1CN(c1ccc(N)cc1)C2. The third-order valence-corrected chi connectivity index (χ3v) is 3.97. The number of likely N-dealkylation sites (N-methyl/N-ethyl adjacent to an activating group) is 1. The Morgan fingerprint density at radius 1 is 1.19 bits per heavy atom. The van der Waals surface area contributed by atoms with Crippen molar-refractivity contribution in [1.29, 1.82) is 0 Å². The van der Waals surface area contributed by atoms with Crippen molar-refractivity contribution in [2.45, 2.75) is 25.4 Å². The van der Waals surface area contributed by atoms with E-state index >= 15 is 0 Å². The molecule has 0 aromatic heterocycles. The summed E-state index contributed by atoms with van der Waals surface area (Å²) < 4.78 is 0. The lowest BCUT2D eigenvalue weighted by Crippen LogP contribution is -2.68. The molecule has 2 unspecified atom stereocenters. The molecule has 1 aromatic carbocycles. The number of nitrogens with zero attached hydrogens (tertiary/aromatic N) is 2. The number of anilines is 2. The highest BCUT2D eigenvalue weighted by Gasteiger charge is 2.43. The van der Waals surface area contributed by atoms with Crippen LogP contribution in [0.3, 0.4) is 0 Å². The lowest BCUT2D eigenvalue weighted by Gasteiger charge is -2.56. The van der Waals surface area contributed by atoms with Crippen molar-refractivity contribution in [3.05, 3.63) is 24.3 Å². The zero-order chi connectivity index (χ0) is 11.1. The first-order valence-electron chi connectivity index (χ1n) is 6.14. The van der Waals surface area contributed by atoms with E-state index in [4.69, 9.17) is 5.73 Å². The topological polar surface area (TPSA) is 32.5 Å². The molecule has 3 aliphatic heterocycles. The Kier molecular flexibility index (Phi) is 2.28. The van der Waals surface area contributed by atoms with E-state index in [0.717, 1.165) is 17.8 Å². The Bertz CT molecular complexity index is 361. The third-order valence-electron chi connectivity index (χ3n) is 3.97. The van der Waals surface area contributed by atoms with Gasteiger partial charge in [0.1, 0.15) is 0 Å². The van der Waals surface area contributed by atoms with E-state index in [0.29, 0.717) is 0 Å². The molecular weight excluding hydrogens is 198 g/mol. The number of rotatable bonds is 2. The minimum atomic E-state index is 0.779. The number of hydrogen-bond donors (Lipinski definition) is 1. The lowest BCUT2D eigenvalue weighted by atomic mass is 9.87. The second-order valence-corrected chi connectivity index (χ2v) is 4.87. The second kappa shape index (κ2) is 3.67. The zero-order valence-corrected chi connectivity index (χ0v) is 9.76. The van der Waals surface area contributed by atoms with Crippen LogP contribution in [0.2, 0.25) is 0 Å². The number of piperidine rings is 1. The summed E-state index contributed by atoms with van der Waals surface area (Å²) in [7, 11) is 0. The molecule has 2 N–H and O–H groups in total. The van der Waals surface area contributed by atoms with Crippen molar-refractivity contribution in [3.63, 3.8) is 0 Å². The monoisotopic (exact) mass is 217 g/mol. The number of benzene rings is 1. The average Bonchev–Trinajstić information content (AvgIpc) is 2.30. The molecule has 1 aromatic rings. The Hall–Kier alpha value is -1.22. The van der Waals surface area contributed by atoms with Crippen LogP contribution in [0.25, 0.3) is 0 Å². The third kappa shape index (κ3) is 1.47. The standard InChI is InChI=1S/C13H19N3/c1-2-16-12-7-13(16)9-15(8-12)11-5-3-10(14)4-6-11/h3-6,12-13H,2,7-9,14H2,1H3. The second-order valence-electron chi connectivity index (χ2n) is 4.87. The van der Waals surface area contributed by atoms with Crippen LogP contribution in [0.1, 0.15) is 13.3 Å². The van der Waals surface area contributed by atoms with Crippen LogP contribution in [-0.4, -0.2) is 36.6 Å². The number of nitrogens with two attached hydrogens (primary N) is 1. The molecule has 3 aliphatic rings. The molecule has 16 heavy (non-hydrogen) atoms. The highest BCUT2D eigenvalue weighted by atomic mass is 15.4. The van der Waals surface area contributed by atoms with Crippen molar-refractivity contribution in [1.82, 2.24) is 4.90 Å². The van der Waals surface area contributed by atoms with E-state index in [1.807, 2.05) is 12.1 Å². The fourth-order valence-electron chi connectivity index (χ4n) is 3.10. The van der Waals surface area contributed by atoms with Crippen molar-refractivity contribution in [2.24, 2.45) is 0 Å². The molecule has 0 aliphatic carbocycles. The zero-order valence-electron chi connectivity index (χ0n) is 9.76. The highest BCUT2D eigenvalue weighted by Crippen LogP contribution is 2.34. The van der Waals surface area contributed by atoms with Gasteiger partial charge in [-0.25, -0.2) is 0 Å². The molecule has 0 saturated carbocycles. The summed E-state index contributed by atoms with van der Waals surface area (Å²) in [5.74, 6) is 0. The molecule has 0 spiro atoms. The summed E-state index contributed by atoms with van der Waals surface area (Å²) >= 11 is 0. The Labute approximate surface area is 96.8 Å². The summed E-state index contributed by atoms with van der Waals surface area (Å²) in [5.41, 5.74) is 7.88. The Morgan fingerprint density at radius 3 is 2.38 bits per heavy atom. The molecule has 0 amide bonds. The highest BCUT2D eigenvalue weighted by molar-refractivity contribution is 5.54. The summed E-state index contributed by atoms with van der Waals surface area (Å²) in [4.78, 5) is 5.11. The van der Waals surface area contributed by atoms with Gasteiger partial charge < -0.3 is 10.6 Å². The van der Waals surface area contributed by atoms with Crippen LogP contribution >= 0.6 is 0 Å². The minimum Gasteiger partial charge on any atom is -0.399 e. The van der Waals surface area contributed by atoms with Crippen LogP contribution in [-0.2, 0) is 0 Å². The molecule has 4 rings (SSSR count). The van der Waals surface area contributed by atoms with Gasteiger partial charge in [-0.05, 0) is 37.2 Å². The molecule has 2 atom stereocenters. The summed E-state index contributed by atoms with van der Waals surface area (Å²) in [6.07, 6.45) is 1.39. The molecule has 3 heterocycles. The van der Waals surface area contributed by atoms with Crippen LogP contribution in [0.4, 0.5) is 11.4 Å². The van der Waals surface area contributed by atoms with Crippen LogP contribution in [0.5, 0.6) is 0 Å². The Morgan fingerprint density at radius 2 is 1.81 bits per heavy atom. The molecule has 86 valence electrons. The largest absolute Gasteiger partial charge is 0.399 e. The average molecular weight is 217 g/mol. The number of fused-ring (bicyclic) bond motifs is 2. The molecule has 3 nitrogen and oxygen atoms in total. The van der Waals surface area contributed by atoms with E-state index in [1.165, 1.54) is 31.7 Å². The molecule has 0 radical (unpaired) electrons. The maximum Gasteiger partial charge on any atom is 0.0368 e. The van der Waals surface area contributed by atoms with Crippen LogP contribution in [0.15, 0.2) is 24.3 Å². The van der Waals surface area contributed by atoms with E-state index in [2.05, 4.69) is 28.9 Å².